The molecule has 0 spiro atoms. The second kappa shape index (κ2) is 13.7. The van der Waals surface area contributed by atoms with Crippen molar-refractivity contribution in [3.8, 4) is 17.2 Å². The van der Waals surface area contributed by atoms with Crippen LogP contribution in [0.3, 0.4) is 0 Å². The molecule has 1 heterocycles. The van der Waals surface area contributed by atoms with E-state index in [1.165, 1.54) is 19.1 Å². The Morgan fingerprint density at radius 3 is 1.97 bits per heavy atom. The molecule has 1 atom stereocenters. The van der Waals surface area contributed by atoms with Crippen molar-refractivity contribution in [3.63, 3.8) is 0 Å². The molecule has 3 rings (SSSR count). The summed E-state index contributed by atoms with van der Waals surface area (Å²) >= 11 is 11.0. The van der Waals surface area contributed by atoms with E-state index in [9.17, 15) is 19.5 Å². The lowest BCUT2D eigenvalue weighted by molar-refractivity contribution is -0.142. The monoisotopic (exact) mass is 522 g/mol. The second-order valence-corrected chi connectivity index (χ2v) is 7.93. The van der Waals surface area contributed by atoms with Gasteiger partial charge in [-0.1, -0.05) is 6.07 Å². The number of aromatic hydroxyl groups is 3. The molecule has 2 aromatic carbocycles. The minimum Gasteiger partial charge on any atom is -0.543 e. The van der Waals surface area contributed by atoms with Gasteiger partial charge in [0.05, 0.1) is 5.88 Å². The number of alkyl halides is 2. The van der Waals surface area contributed by atoms with Crippen LogP contribution in [0.15, 0.2) is 39.5 Å². The third-order valence-electron chi connectivity index (χ3n) is 5.15. The first-order chi connectivity index (χ1) is 16.4. The molecular formula is C24H25BCl2O8. The molecule has 0 saturated heterocycles. The third kappa shape index (κ3) is 7.66. The molecule has 1 aromatic heterocycles. The number of hydrogen-bond acceptors (Lipinski definition) is 8. The zero-order valence-electron chi connectivity index (χ0n) is 19.6. The molecule has 11 heteroatoms. The van der Waals surface area contributed by atoms with Gasteiger partial charge in [0.25, 0.3) is 5.97 Å². The van der Waals surface area contributed by atoms with Crippen LogP contribution in [0.25, 0.3) is 11.0 Å². The number of aryl methyl sites for hydroxylation is 1. The van der Waals surface area contributed by atoms with E-state index in [0.29, 0.717) is 22.3 Å². The number of benzene rings is 2. The first kappa shape index (κ1) is 29.9. The van der Waals surface area contributed by atoms with Crippen LogP contribution in [0.4, 0.5) is 0 Å². The van der Waals surface area contributed by atoms with Gasteiger partial charge in [0.2, 0.25) is 0 Å². The Morgan fingerprint density at radius 2 is 1.51 bits per heavy atom. The van der Waals surface area contributed by atoms with E-state index in [4.69, 9.17) is 37.8 Å². The van der Waals surface area contributed by atoms with Gasteiger partial charge in [-0.25, -0.2) is 4.79 Å². The van der Waals surface area contributed by atoms with Crippen LogP contribution in [0, 0.1) is 26.7 Å². The fourth-order valence-corrected chi connectivity index (χ4v) is 3.25. The molecule has 0 fully saturated rings. The summed E-state index contributed by atoms with van der Waals surface area (Å²) in [6.07, 6.45) is 0. The van der Waals surface area contributed by atoms with Crippen molar-refractivity contribution in [1.82, 2.24) is 0 Å². The normalized spacial score (nSPS) is 10.9. The molecule has 8 nitrogen and oxygen atoms in total. The van der Waals surface area contributed by atoms with E-state index in [0.717, 1.165) is 10.9 Å². The van der Waals surface area contributed by atoms with E-state index in [-0.39, 0.29) is 29.0 Å². The van der Waals surface area contributed by atoms with Gasteiger partial charge in [0.15, 0.2) is 5.78 Å². The minimum atomic E-state index is -0.859. The van der Waals surface area contributed by atoms with Crippen molar-refractivity contribution >= 4 is 54.0 Å². The highest BCUT2D eigenvalue weighted by Crippen LogP contribution is 2.29. The average molecular weight is 523 g/mol. The van der Waals surface area contributed by atoms with Crippen LogP contribution in [-0.4, -0.2) is 41.0 Å². The van der Waals surface area contributed by atoms with Crippen molar-refractivity contribution in [2.24, 2.45) is 5.92 Å². The summed E-state index contributed by atoms with van der Waals surface area (Å²) in [5.74, 6) is -1.58. The van der Waals surface area contributed by atoms with E-state index >= 15 is 0 Å². The maximum atomic E-state index is 11.6. The maximum absolute atomic E-state index is 11.6. The van der Waals surface area contributed by atoms with Crippen molar-refractivity contribution in [1.29, 1.82) is 0 Å². The van der Waals surface area contributed by atoms with Gasteiger partial charge in [-0.05, 0) is 57.5 Å². The molecule has 35 heavy (non-hydrogen) atoms. The number of carbonyl (C=O) groups is 2. The highest BCUT2D eigenvalue weighted by molar-refractivity contribution is 6.29. The first-order valence-corrected chi connectivity index (χ1v) is 11.3. The number of fused-ring (bicyclic) bond motifs is 1. The summed E-state index contributed by atoms with van der Waals surface area (Å²) in [6.45, 7) is 6.43. The van der Waals surface area contributed by atoms with Crippen LogP contribution >= 0.6 is 23.2 Å². The number of ketones is 1. The van der Waals surface area contributed by atoms with Crippen LogP contribution in [0.2, 0.25) is 0 Å². The summed E-state index contributed by atoms with van der Waals surface area (Å²) in [6, 6.07) is 7.96. The lowest BCUT2D eigenvalue weighted by Crippen LogP contribution is -2.23. The topological polar surface area (TPSA) is 134 Å². The molecular weight excluding hydrogens is 498 g/mol. The van der Waals surface area contributed by atoms with Crippen molar-refractivity contribution in [2.45, 2.75) is 33.6 Å². The van der Waals surface area contributed by atoms with Crippen LogP contribution < -0.4 is 5.63 Å². The van der Waals surface area contributed by atoms with Gasteiger partial charge >= 0.3 is 13.7 Å². The highest BCUT2D eigenvalue weighted by atomic mass is 35.5. The minimum absolute atomic E-state index is 0.111. The second-order valence-electron chi connectivity index (χ2n) is 7.39. The summed E-state index contributed by atoms with van der Waals surface area (Å²) in [7, 11) is 4.52. The first-order valence-electron chi connectivity index (χ1n) is 10.2. The number of carbonyl (C=O) groups excluding carboxylic acids is 2. The Balaban J connectivity index is 0.000000280. The maximum Gasteiger partial charge on any atom is 0.378 e. The Bertz CT molecular complexity index is 1220. The SMILES string of the molecule is Cc1c(CCl)c2ccc(O)c(C)c2oc1=O.Cc1c(O)cccc1O.[B]OC(=O)C(C)C(=O)CCl. The third-order valence-corrected chi connectivity index (χ3v) is 5.68. The number of halogens is 2. The predicted molar refractivity (Wildman–Crippen MR) is 134 cm³/mol. The zero-order valence-corrected chi connectivity index (χ0v) is 21.1. The number of phenolic OH excluding ortho intramolecular Hbond substituents is 3. The molecule has 1 unspecified atom stereocenters. The Labute approximate surface area is 213 Å². The van der Waals surface area contributed by atoms with E-state index in [1.807, 2.05) is 0 Å². The summed E-state index contributed by atoms with van der Waals surface area (Å²) in [5.41, 5.74) is 2.37. The molecule has 186 valence electrons. The molecule has 3 aromatic rings. The summed E-state index contributed by atoms with van der Waals surface area (Å²) in [5, 5.41) is 28.2. The molecule has 0 bridgehead atoms. The number of phenols is 3. The molecule has 0 aliphatic carbocycles. The van der Waals surface area contributed by atoms with Crippen LogP contribution in [0.1, 0.15) is 29.2 Å². The molecule has 3 N–H and O–H groups in total. The van der Waals surface area contributed by atoms with E-state index in [1.54, 1.807) is 39.0 Å². The van der Waals surface area contributed by atoms with Gasteiger partial charge in [-0.3, -0.25) is 9.59 Å². The fourth-order valence-electron chi connectivity index (χ4n) is 2.68. The fraction of sp³-hybridized carbons (Fsp3) is 0.292. The van der Waals surface area contributed by atoms with E-state index in [2.05, 4.69) is 12.7 Å². The van der Waals surface area contributed by atoms with Crippen LogP contribution in [-0.2, 0) is 20.1 Å². The largest absolute Gasteiger partial charge is 0.543 e. The zero-order chi connectivity index (χ0) is 26.9. The Hall–Kier alpha value is -3.17. The molecule has 0 saturated carbocycles. The Morgan fingerprint density at radius 1 is 0.971 bits per heavy atom. The molecule has 0 aliphatic rings. The average Bonchev–Trinajstić information content (AvgIpc) is 2.85. The van der Waals surface area contributed by atoms with Crippen molar-refractivity contribution in [3.05, 3.63) is 63.0 Å². The Kier molecular flexibility index (Phi) is 11.7. The lowest BCUT2D eigenvalue weighted by Gasteiger charge is -2.08. The predicted octanol–water partition coefficient (Wildman–Crippen LogP) is 4.32. The van der Waals surface area contributed by atoms with Crippen molar-refractivity contribution < 1.29 is 34.0 Å². The van der Waals surface area contributed by atoms with Gasteiger partial charge in [-0.15, -0.1) is 23.2 Å². The molecule has 2 radical (unpaired) electrons. The molecule has 0 amide bonds. The van der Waals surface area contributed by atoms with Gasteiger partial charge in [0.1, 0.15) is 28.7 Å². The standard InChI is InChI=1S/C12H11ClO3.C7H8O2.C5H6BClO3/c1-6-9(5-13)8-3-4-10(14)7(2)11(8)16-12(6)15;1-5-6(8)3-2-4-7(5)9;1-3(4(8)2-7)5(9)10-6/h3-4,14H,5H2,1-2H3;2-4,8-9H,1H3;3H,2H2,1H3. The van der Waals surface area contributed by atoms with Gasteiger partial charge in [-0.2, -0.15) is 0 Å². The molecule has 0 aliphatic heterocycles. The quantitative estimate of drug-likeness (QED) is 0.199. The van der Waals surface area contributed by atoms with Crippen LogP contribution in [0.5, 0.6) is 17.2 Å². The number of Topliss-reactive ketones (excluding diaryl/α,β-unsaturated/α-hetero) is 1. The highest BCUT2D eigenvalue weighted by Gasteiger charge is 2.19. The lowest BCUT2D eigenvalue weighted by atomic mass is 10.0. The van der Waals surface area contributed by atoms with Gasteiger partial charge in [0, 0.05) is 28.0 Å². The van der Waals surface area contributed by atoms with E-state index < -0.39 is 23.3 Å². The smallest absolute Gasteiger partial charge is 0.378 e. The summed E-state index contributed by atoms with van der Waals surface area (Å²) < 4.78 is 8.99. The summed E-state index contributed by atoms with van der Waals surface area (Å²) in [4.78, 5) is 32.7. The van der Waals surface area contributed by atoms with Gasteiger partial charge < -0.3 is 24.4 Å². The van der Waals surface area contributed by atoms with Crippen molar-refractivity contribution in [2.75, 3.05) is 5.88 Å². The number of hydrogen-bond donors (Lipinski definition) is 3. The number of rotatable bonds is 4.